The summed E-state index contributed by atoms with van der Waals surface area (Å²) in [6.45, 7) is 0. The molecule has 44 valence electrons. The van der Waals surface area contributed by atoms with E-state index in [1.165, 1.54) is 9.47 Å². The van der Waals surface area contributed by atoms with Crippen molar-refractivity contribution >= 4 is 171 Å². The maximum absolute atomic E-state index is 9.45. The van der Waals surface area contributed by atoms with Gasteiger partial charge in [-0.05, 0) is 0 Å². The van der Waals surface area contributed by atoms with Gasteiger partial charge in [-0.25, -0.2) is 4.57 Å². The number of hydrogen-bond acceptors (Lipinski definition) is 2. The van der Waals surface area contributed by atoms with E-state index >= 15 is 0 Å². The first-order chi connectivity index (χ1) is 2.56. The standard InChI is InChI=1S/3K.H4O4P2.3H/c;;;1-6(2,3)4-5;;;/h;;;5H2,(H2,1,2,3);;;. The SMILES string of the molecule is O=P(O)(O)OP.[KH].[KH].[KH]. The van der Waals surface area contributed by atoms with Gasteiger partial charge in [0.05, 0.1) is 0 Å². The van der Waals surface area contributed by atoms with Gasteiger partial charge < -0.3 is 9.79 Å². The molecule has 0 bridgehead atoms. The summed E-state index contributed by atoms with van der Waals surface area (Å²) in [4.78, 5) is 15.4. The molecule has 0 heterocycles. The quantitative estimate of drug-likeness (QED) is 0.415. The van der Waals surface area contributed by atoms with Gasteiger partial charge in [-0.1, -0.05) is 0 Å². The first-order valence-corrected chi connectivity index (χ1v) is 3.00. The fourth-order valence-electron chi connectivity index (χ4n) is 0. The summed E-state index contributed by atoms with van der Waals surface area (Å²) in [5, 5.41) is 0. The monoisotopic (exact) mass is 250 g/mol. The van der Waals surface area contributed by atoms with Gasteiger partial charge in [-0.15, -0.1) is 0 Å². The molecule has 0 aliphatic heterocycles. The molecule has 0 aromatic heterocycles. The third-order valence-electron chi connectivity index (χ3n) is 0.137. The second-order valence-corrected chi connectivity index (χ2v) is 2.42. The summed E-state index contributed by atoms with van der Waals surface area (Å²) in [5.41, 5.74) is 0. The number of rotatable bonds is 1. The van der Waals surface area contributed by atoms with Crippen molar-refractivity contribution in [3.05, 3.63) is 0 Å². The van der Waals surface area contributed by atoms with Gasteiger partial charge >= 0.3 is 162 Å². The zero-order valence-corrected chi connectivity index (χ0v) is 4.78. The molecule has 0 fully saturated rings. The first-order valence-electron chi connectivity index (χ1n) is 1.00. The van der Waals surface area contributed by atoms with Gasteiger partial charge in [-0.2, -0.15) is 0 Å². The Kier molecular flexibility index (Phi) is 35.8. The molecule has 1 atom stereocenters. The number of phosphoric acid groups is 1. The van der Waals surface area contributed by atoms with E-state index in [2.05, 4.69) is 4.31 Å². The van der Waals surface area contributed by atoms with Gasteiger partial charge in [0, 0.05) is 9.47 Å². The minimum absolute atomic E-state index is 0. The molecule has 9 heavy (non-hydrogen) atoms. The molecular formula is H7K3O4P2. The summed E-state index contributed by atoms with van der Waals surface area (Å²) < 4.78 is 13.0. The Labute approximate surface area is 184 Å². The molecule has 4 nitrogen and oxygen atoms in total. The van der Waals surface area contributed by atoms with Crippen molar-refractivity contribution in [1.29, 1.82) is 0 Å². The normalized spacial score (nSPS) is 7.89. The van der Waals surface area contributed by atoms with Crippen LogP contribution < -0.4 is 0 Å². The molecule has 9 heteroatoms. The Balaban J connectivity index is -0.0000000417. The fourth-order valence-corrected chi connectivity index (χ4v) is 0. The second kappa shape index (κ2) is 13.4. The predicted molar refractivity (Wildman–Crippen MR) is 44.3 cm³/mol. The fraction of sp³-hybridized carbons (Fsp3) is 0. The van der Waals surface area contributed by atoms with Crippen molar-refractivity contribution in [2.45, 2.75) is 0 Å². The topological polar surface area (TPSA) is 66.8 Å². The van der Waals surface area contributed by atoms with Crippen LogP contribution in [0.25, 0.3) is 0 Å². The molecule has 0 radical (unpaired) electrons. The van der Waals surface area contributed by atoms with Gasteiger partial charge in [0.25, 0.3) is 0 Å². The van der Waals surface area contributed by atoms with E-state index in [-0.39, 0.29) is 154 Å². The molecule has 0 rings (SSSR count). The predicted octanol–water partition coefficient (Wildman–Crippen LogP) is -2.06. The zero-order valence-electron chi connectivity index (χ0n) is 2.74. The Bertz CT molecular complexity index is 77.9. The summed E-state index contributed by atoms with van der Waals surface area (Å²) in [6.07, 6.45) is 0. The van der Waals surface area contributed by atoms with Crippen LogP contribution in [-0.2, 0) is 8.88 Å². The molecular weight excluding hydrogens is 243 g/mol. The van der Waals surface area contributed by atoms with E-state index in [4.69, 9.17) is 9.79 Å². The molecule has 0 aromatic carbocycles. The van der Waals surface area contributed by atoms with Crippen LogP contribution in [0.3, 0.4) is 0 Å². The minimum atomic E-state index is -4.18. The summed E-state index contributed by atoms with van der Waals surface area (Å²) in [5.74, 6) is 0. The van der Waals surface area contributed by atoms with Crippen LogP contribution in [0.5, 0.6) is 0 Å². The van der Waals surface area contributed by atoms with Gasteiger partial charge in [-0.3, -0.25) is 4.31 Å². The van der Waals surface area contributed by atoms with Crippen LogP contribution in [0.2, 0.25) is 0 Å². The Morgan fingerprint density at radius 2 is 1.33 bits per heavy atom. The van der Waals surface area contributed by atoms with Gasteiger partial charge in [0.1, 0.15) is 0 Å². The average molecular weight is 250 g/mol. The molecule has 0 aliphatic rings. The Morgan fingerprint density at radius 1 is 1.22 bits per heavy atom. The van der Waals surface area contributed by atoms with Crippen molar-refractivity contribution in [2.24, 2.45) is 0 Å². The molecule has 0 spiro atoms. The molecule has 0 aromatic rings. The van der Waals surface area contributed by atoms with E-state index in [1.807, 2.05) is 0 Å². The third-order valence-corrected chi connectivity index (χ3v) is 1.24. The second-order valence-electron chi connectivity index (χ2n) is 0.596. The molecule has 1 unspecified atom stereocenters. The van der Waals surface area contributed by atoms with Crippen molar-refractivity contribution in [3.8, 4) is 0 Å². The van der Waals surface area contributed by atoms with Crippen LogP contribution in [-0.4, -0.2) is 164 Å². The summed E-state index contributed by atoms with van der Waals surface area (Å²) >= 11 is 0. The maximum atomic E-state index is 9.45. The first kappa shape index (κ1) is 23.9. The van der Waals surface area contributed by atoms with Crippen LogP contribution in [0, 0.1) is 0 Å². The van der Waals surface area contributed by atoms with Crippen LogP contribution >= 0.6 is 17.3 Å². The zero-order chi connectivity index (χ0) is 5.21. The molecule has 0 amide bonds. The third kappa shape index (κ3) is 24.7. The van der Waals surface area contributed by atoms with Crippen LogP contribution in [0.4, 0.5) is 0 Å². The van der Waals surface area contributed by atoms with Crippen molar-refractivity contribution in [1.82, 2.24) is 0 Å². The van der Waals surface area contributed by atoms with Crippen molar-refractivity contribution < 1.29 is 18.7 Å². The molecule has 0 saturated carbocycles. The van der Waals surface area contributed by atoms with E-state index in [0.29, 0.717) is 0 Å². The summed E-state index contributed by atoms with van der Waals surface area (Å²) in [6, 6.07) is 0. The van der Waals surface area contributed by atoms with E-state index in [1.54, 1.807) is 0 Å². The average Bonchev–Trinajstić information content (AvgIpc) is 1.35. The van der Waals surface area contributed by atoms with Gasteiger partial charge in [0.2, 0.25) is 0 Å². The van der Waals surface area contributed by atoms with Crippen LogP contribution in [0.15, 0.2) is 0 Å². The van der Waals surface area contributed by atoms with E-state index in [0.717, 1.165) is 0 Å². The molecule has 0 aliphatic carbocycles. The Morgan fingerprint density at radius 3 is 1.33 bits per heavy atom. The van der Waals surface area contributed by atoms with Gasteiger partial charge in [0.15, 0.2) is 0 Å². The number of hydrogen-bond donors (Lipinski definition) is 2. The van der Waals surface area contributed by atoms with Crippen molar-refractivity contribution in [2.75, 3.05) is 0 Å². The molecule has 0 saturated heterocycles. The molecule has 2 N–H and O–H groups in total. The van der Waals surface area contributed by atoms with E-state index in [9.17, 15) is 4.57 Å². The summed E-state index contributed by atoms with van der Waals surface area (Å²) in [7, 11) is -2.72. The van der Waals surface area contributed by atoms with Crippen molar-refractivity contribution in [3.63, 3.8) is 0 Å². The van der Waals surface area contributed by atoms with E-state index < -0.39 is 7.82 Å². The van der Waals surface area contributed by atoms with Crippen LogP contribution in [0.1, 0.15) is 0 Å². The Hall–Kier alpha value is 5.45.